The molecule has 0 aromatic heterocycles. The summed E-state index contributed by atoms with van der Waals surface area (Å²) in [7, 11) is 0. The molecule has 122 valence electrons. The first-order chi connectivity index (χ1) is 11.6. The van der Waals surface area contributed by atoms with Crippen LogP contribution >= 0.6 is 0 Å². The second kappa shape index (κ2) is 7.93. The van der Waals surface area contributed by atoms with Gasteiger partial charge in [0.2, 0.25) is 0 Å². The topological polar surface area (TPSA) is 70.2 Å². The third kappa shape index (κ3) is 3.99. The molecule has 5 heteroatoms. The maximum Gasteiger partial charge on any atom is 0.287 e. The molecule has 2 aromatic rings. The first kappa shape index (κ1) is 17.2. The van der Waals surface area contributed by atoms with E-state index >= 15 is 0 Å². The van der Waals surface area contributed by atoms with Crippen LogP contribution in [0.4, 0.5) is 11.4 Å². The van der Waals surface area contributed by atoms with Gasteiger partial charge < -0.3 is 4.90 Å². The summed E-state index contributed by atoms with van der Waals surface area (Å²) < 4.78 is 0. The number of hydrogen-bond acceptors (Lipinski definition) is 4. The van der Waals surface area contributed by atoms with Crippen molar-refractivity contribution < 1.29 is 4.92 Å². The third-order valence-corrected chi connectivity index (χ3v) is 3.83. The van der Waals surface area contributed by atoms with E-state index in [2.05, 4.69) is 30.9 Å². The molecule has 0 saturated heterocycles. The summed E-state index contributed by atoms with van der Waals surface area (Å²) in [4.78, 5) is 12.6. The molecule has 0 fully saturated rings. The molecule has 24 heavy (non-hydrogen) atoms. The zero-order chi connectivity index (χ0) is 17.5. The van der Waals surface area contributed by atoms with Gasteiger partial charge in [0.1, 0.15) is 11.6 Å². The molecule has 0 aliphatic rings. The van der Waals surface area contributed by atoms with E-state index in [-0.39, 0.29) is 11.3 Å². The average molecular weight is 321 g/mol. The highest BCUT2D eigenvalue weighted by atomic mass is 16.6. The number of hydrogen-bond donors (Lipinski definition) is 0. The van der Waals surface area contributed by atoms with Gasteiger partial charge in [-0.15, -0.1) is 0 Å². The summed E-state index contributed by atoms with van der Waals surface area (Å²) in [5.74, 6) is 0. The zero-order valence-electron chi connectivity index (χ0n) is 13.8. The van der Waals surface area contributed by atoms with Gasteiger partial charge in [-0.05, 0) is 49.2 Å². The largest absolute Gasteiger partial charge is 0.372 e. The lowest BCUT2D eigenvalue weighted by atomic mass is 10.1. The van der Waals surface area contributed by atoms with Crippen LogP contribution in [0.5, 0.6) is 0 Å². The molecule has 0 aliphatic carbocycles. The van der Waals surface area contributed by atoms with E-state index in [0.717, 1.165) is 24.2 Å². The molecule has 0 saturated carbocycles. The lowest BCUT2D eigenvalue weighted by Gasteiger charge is -2.20. The first-order valence-electron chi connectivity index (χ1n) is 7.80. The molecule has 0 amide bonds. The summed E-state index contributed by atoms with van der Waals surface area (Å²) in [6.07, 6.45) is 3.77. The first-order valence-corrected chi connectivity index (χ1v) is 7.80. The number of nitro benzene ring substituents is 1. The molecular weight excluding hydrogens is 302 g/mol. The van der Waals surface area contributed by atoms with Crippen molar-refractivity contribution in [1.82, 2.24) is 0 Å². The third-order valence-electron chi connectivity index (χ3n) is 3.83. The Hall–Kier alpha value is -3.13. The molecule has 2 aromatic carbocycles. The van der Waals surface area contributed by atoms with Crippen molar-refractivity contribution in [2.45, 2.75) is 13.8 Å². The molecule has 0 N–H and O–H groups in total. The van der Waals surface area contributed by atoms with Crippen LogP contribution in [0.25, 0.3) is 12.2 Å². The van der Waals surface area contributed by atoms with Crippen LogP contribution in [-0.4, -0.2) is 18.0 Å². The Kier molecular flexibility index (Phi) is 5.69. The Morgan fingerprint density at radius 1 is 1.08 bits per heavy atom. The van der Waals surface area contributed by atoms with E-state index in [1.165, 1.54) is 17.8 Å². The van der Waals surface area contributed by atoms with Gasteiger partial charge >= 0.3 is 0 Å². The maximum atomic E-state index is 10.8. The summed E-state index contributed by atoms with van der Waals surface area (Å²) in [5.41, 5.74) is 2.87. The molecule has 0 radical (unpaired) electrons. The van der Waals surface area contributed by atoms with Gasteiger partial charge in [0.25, 0.3) is 5.69 Å². The van der Waals surface area contributed by atoms with Crippen LogP contribution in [0, 0.1) is 21.4 Å². The highest BCUT2D eigenvalue weighted by molar-refractivity contribution is 5.72. The number of rotatable bonds is 6. The quantitative estimate of drug-likeness (QED) is 0.447. The van der Waals surface area contributed by atoms with E-state index in [1.54, 1.807) is 6.07 Å². The van der Waals surface area contributed by atoms with E-state index in [0.29, 0.717) is 0 Å². The van der Waals surface area contributed by atoms with Crippen LogP contribution in [0.1, 0.15) is 30.5 Å². The van der Waals surface area contributed by atoms with E-state index < -0.39 is 4.92 Å². The standard InChI is InChI=1S/C19H19N3O2/c1-3-21(4-2)18-10-7-15(8-11-18)5-6-16-9-12-19(22(23)24)17(13-16)14-20/h5-13H,3-4H2,1-2H3. The minimum atomic E-state index is -0.544. The van der Waals surface area contributed by atoms with Crippen molar-refractivity contribution in [2.24, 2.45) is 0 Å². The Balaban J connectivity index is 2.19. The van der Waals surface area contributed by atoms with Gasteiger partial charge in [-0.1, -0.05) is 24.3 Å². The number of nitrogens with zero attached hydrogens (tertiary/aromatic N) is 3. The summed E-state index contributed by atoms with van der Waals surface area (Å²) in [6, 6.07) is 14.6. The molecule has 0 atom stereocenters. The minimum Gasteiger partial charge on any atom is -0.372 e. The Labute approximate surface area is 141 Å². The maximum absolute atomic E-state index is 10.8. The van der Waals surface area contributed by atoms with Crippen LogP contribution in [0.15, 0.2) is 42.5 Å². The fourth-order valence-corrected chi connectivity index (χ4v) is 2.48. The molecule has 5 nitrogen and oxygen atoms in total. The second-order valence-corrected chi connectivity index (χ2v) is 5.24. The predicted molar refractivity (Wildman–Crippen MR) is 96.7 cm³/mol. The van der Waals surface area contributed by atoms with Crippen LogP contribution < -0.4 is 4.90 Å². The molecule has 0 bridgehead atoms. The Morgan fingerprint density at radius 3 is 2.21 bits per heavy atom. The van der Waals surface area contributed by atoms with Gasteiger partial charge in [0.05, 0.1) is 4.92 Å². The smallest absolute Gasteiger partial charge is 0.287 e. The second-order valence-electron chi connectivity index (χ2n) is 5.24. The van der Waals surface area contributed by atoms with Gasteiger partial charge in [0.15, 0.2) is 0 Å². The van der Waals surface area contributed by atoms with Crippen molar-refractivity contribution in [2.75, 3.05) is 18.0 Å². The number of nitro groups is 1. The fraction of sp³-hybridized carbons (Fsp3) is 0.211. The van der Waals surface area contributed by atoms with Crippen LogP contribution in [-0.2, 0) is 0 Å². The zero-order valence-corrected chi connectivity index (χ0v) is 13.8. The van der Waals surface area contributed by atoms with Crippen molar-refractivity contribution >= 4 is 23.5 Å². The van der Waals surface area contributed by atoms with Crippen LogP contribution in [0.2, 0.25) is 0 Å². The average Bonchev–Trinajstić information content (AvgIpc) is 2.61. The SMILES string of the molecule is CCN(CC)c1ccc(C=Cc2ccc([N+](=O)[O-])c(C#N)c2)cc1. The highest BCUT2D eigenvalue weighted by Gasteiger charge is 2.12. The van der Waals surface area contributed by atoms with Gasteiger partial charge in [-0.2, -0.15) is 5.26 Å². The molecule has 0 heterocycles. The summed E-state index contributed by atoms with van der Waals surface area (Å²) in [6.45, 7) is 6.17. The lowest BCUT2D eigenvalue weighted by Crippen LogP contribution is -2.21. The van der Waals surface area contributed by atoms with E-state index in [4.69, 9.17) is 5.26 Å². The molecule has 0 spiro atoms. The normalized spacial score (nSPS) is 10.5. The molecule has 0 aliphatic heterocycles. The highest BCUT2D eigenvalue weighted by Crippen LogP contribution is 2.21. The number of nitriles is 1. The summed E-state index contributed by atoms with van der Waals surface area (Å²) in [5, 5.41) is 19.9. The van der Waals surface area contributed by atoms with E-state index in [1.807, 2.05) is 30.4 Å². The van der Waals surface area contributed by atoms with Crippen molar-refractivity contribution in [3.05, 3.63) is 69.3 Å². The number of anilines is 1. The van der Waals surface area contributed by atoms with Crippen LogP contribution in [0.3, 0.4) is 0 Å². The molecule has 0 unspecified atom stereocenters. The summed E-state index contributed by atoms with van der Waals surface area (Å²) >= 11 is 0. The Bertz CT molecular complexity index is 785. The predicted octanol–water partition coefficient (Wildman–Crippen LogP) is 4.48. The lowest BCUT2D eigenvalue weighted by molar-refractivity contribution is -0.385. The van der Waals surface area contributed by atoms with Gasteiger partial charge in [-0.25, -0.2) is 0 Å². The van der Waals surface area contributed by atoms with E-state index in [9.17, 15) is 10.1 Å². The minimum absolute atomic E-state index is 0.0685. The monoisotopic (exact) mass is 321 g/mol. The van der Waals surface area contributed by atoms with Crippen molar-refractivity contribution in [3.8, 4) is 6.07 Å². The fourth-order valence-electron chi connectivity index (χ4n) is 2.48. The van der Waals surface area contributed by atoms with Gasteiger partial charge in [0, 0.05) is 24.8 Å². The molecule has 2 rings (SSSR count). The van der Waals surface area contributed by atoms with Crippen molar-refractivity contribution in [1.29, 1.82) is 5.26 Å². The van der Waals surface area contributed by atoms with Gasteiger partial charge in [-0.3, -0.25) is 10.1 Å². The van der Waals surface area contributed by atoms with Crippen molar-refractivity contribution in [3.63, 3.8) is 0 Å². The Morgan fingerprint density at radius 2 is 1.67 bits per heavy atom. The molecular formula is C19H19N3O2. The number of benzene rings is 2.